The SMILES string of the molecule is CN(CCC(N)c1ccc(F)cn1)Cc1ccccn1. The van der Waals surface area contributed by atoms with Crippen LogP contribution >= 0.6 is 0 Å². The molecule has 1 atom stereocenters. The van der Waals surface area contributed by atoms with E-state index >= 15 is 0 Å². The van der Waals surface area contributed by atoms with Crippen LogP contribution in [-0.4, -0.2) is 28.5 Å². The summed E-state index contributed by atoms with van der Waals surface area (Å²) in [5.74, 6) is -0.340. The van der Waals surface area contributed by atoms with Gasteiger partial charge in [0.1, 0.15) is 5.82 Å². The number of pyridine rings is 2. The maximum absolute atomic E-state index is 12.8. The van der Waals surface area contributed by atoms with Crippen LogP contribution in [0.15, 0.2) is 42.7 Å². The summed E-state index contributed by atoms with van der Waals surface area (Å²) < 4.78 is 12.8. The molecule has 106 valence electrons. The van der Waals surface area contributed by atoms with Crippen LogP contribution in [0.2, 0.25) is 0 Å². The van der Waals surface area contributed by atoms with Gasteiger partial charge < -0.3 is 10.6 Å². The zero-order valence-electron chi connectivity index (χ0n) is 11.5. The summed E-state index contributed by atoms with van der Waals surface area (Å²) >= 11 is 0. The normalized spacial score (nSPS) is 12.6. The third kappa shape index (κ3) is 4.36. The molecular formula is C15H19FN4. The summed E-state index contributed by atoms with van der Waals surface area (Å²) in [5.41, 5.74) is 7.81. The molecule has 0 saturated carbocycles. The van der Waals surface area contributed by atoms with Crippen molar-refractivity contribution in [2.24, 2.45) is 5.73 Å². The number of hydrogen-bond donors (Lipinski definition) is 1. The molecular weight excluding hydrogens is 255 g/mol. The number of nitrogens with two attached hydrogens (primary N) is 1. The average Bonchev–Trinajstić information content (AvgIpc) is 2.46. The molecule has 0 aliphatic rings. The molecule has 2 aromatic heterocycles. The molecule has 2 N–H and O–H groups in total. The highest BCUT2D eigenvalue weighted by Crippen LogP contribution is 2.12. The van der Waals surface area contributed by atoms with Gasteiger partial charge in [0, 0.05) is 25.3 Å². The zero-order chi connectivity index (χ0) is 14.4. The monoisotopic (exact) mass is 274 g/mol. The minimum atomic E-state index is -0.340. The Hall–Kier alpha value is -1.85. The van der Waals surface area contributed by atoms with Crippen LogP contribution in [0.5, 0.6) is 0 Å². The van der Waals surface area contributed by atoms with E-state index in [1.54, 1.807) is 12.3 Å². The van der Waals surface area contributed by atoms with Crippen LogP contribution in [0.3, 0.4) is 0 Å². The largest absolute Gasteiger partial charge is 0.323 e. The molecule has 0 aromatic carbocycles. The highest BCUT2D eigenvalue weighted by Gasteiger charge is 2.09. The van der Waals surface area contributed by atoms with Gasteiger partial charge in [-0.3, -0.25) is 9.97 Å². The van der Waals surface area contributed by atoms with Gasteiger partial charge in [0.15, 0.2) is 0 Å². The van der Waals surface area contributed by atoms with Gasteiger partial charge in [-0.1, -0.05) is 6.07 Å². The second kappa shape index (κ2) is 7.07. The van der Waals surface area contributed by atoms with Crippen LogP contribution < -0.4 is 5.73 Å². The first kappa shape index (κ1) is 14.6. The van der Waals surface area contributed by atoms with Gasteiger partial charge in [-0.2, -0.15) is 0 Å². The maximum atomic E-state index is 12.8. The Bertz CT molecular complexity index is 515. The summed E-state index contributed by atoms with van der Waals surface area (Å²) in [6, 6.07) is 8.72. The van der Waals surface area contributed by atoms with Crippen molar-refractivity contribution in [1.29, 1.82) is 0 Å². The summed E-state index contributed by atoms with van der Waals surface area (Å²) in [6.45, 7) is 1.61. The third-order valence-corrected chi connectivity index (χ3v) is 3.11. The molecule has 2 rings (SSSR count). The van der Waals surface area contributed by atoms with Crippen LogP contribution in [0.1, 0.15) is 23.9 Å². The molecule has 4 nitrogen and oxygen atoms in total. The molecule has 0 spiro atoms. The molecule has 0 fully saturated rings. The minimum absolute atomic E-state index is 0.179. The number of nitrogens with zero attached hydrogens (tertiary/aromatic N) is 3. The number of aromatic nitrogens is 2. The second-order valence-electron chi connectivity index (χ2n) is 4.86. The van der Waals surface area contributed by atoms with Crippen molar-refractivity contribution in [2.75, 3.05) is 13.6 Å². The molecule has 0 aliphatic heterocycles. The van der Waals surface area contributed by atoms with Crippen molar-refractivity contribution in [1.82, 2.24) is 14.9 Å². The fraction of sp³-hybridized carbons (Fsp3) is 0.333. The van der Waals surface area contributed by atoms with Crippen molar-refractivity contribution in [2.45, 2.75) is 19.0 Å². The van der Waals surface area contributed by atoms with E-state index in [-0.39, 0.29) is 11.9 Å². The van der Waals surface area contributed by atoms with Crippen molar-refractivity contribution >= 4 is 0 Å². The fourth-order valence-electron chi connectivity index (χ4n) is 1.96. The van der Waals surface area contributed by atoms with Gasteiger partial charge in [0.25, 0.3) is 0 Å². The summed E-state index contributed by atoms with van der Waals surface area (Å²) in [6.07, 6.45) is 3.76. The molecule has 2 aromatic rings. The lowest BCUT2D eigenvalue weighted by molar-refractivity contribution is 0.307. The van der Waals surface area contributed by atoms with Crippen molar-refractivity contribution in [3.05, 3.63) is 59.9 Å². The zero-order valence-corrected chi connectivity index (χ0v) is 11.5. The van der Waals surface area contributed by atoms with Gasteiger partial charge in [0.05, 0.1) is 17.6 Å². The van der Waals surface area contributed by atoms with Gasteiger partial charge in [-0.05, 0) is 37.7 Å². The van der Waals surface area contributed by atoms with E-state index in [0.717, 1.165) is 30.9 Å². The number of rotatable bonds is 6. The second-order valence-corrected chi connectivity index (χ2v) is 4.86. The molecule has 0 bridgehead atoms. The Morgan fingerprint density at radius 1 is 1.25 bits per heavy atom. The van der Waals surface area contributed by atoms with E-state index in [1.165, 1.54) is 12.3 Å². The van der Waals surface area contributed by atoms with E-state index in [9.17, 15) is 4.39 Å². The van der Waals surface area contributed by atoms with Crippen LogP contribution in [0.25, 0.3) is 0 Å². The highest BCUT2D eigenvalue weighted by molar-refractivity contribution is 5.09. The van der Waals surface area contributed by atoms with Crippen LogP contribution in [0.4, 0.5) is 4.39 Å². The van der Waals surface area contributed by atoms with E-state index in [1.807, 2.05) is 25.2 Å². The standard InChI is InChI=1S/C15H19FN4/c1-20(11-13-4-2-3-8-18-13)9-7-14(17)15-6-5-12(16)10-19-15/h2-6,8,10,14H,7,9,11,17H2,1H3. The molecule has 0 saturated heterocycles. The predicted molar refractivity (Wildman–Crippen MR) is 76.3 cm³/mol. The highest BCUT2D eigenvalue weighted by atomic mass is 19.1. The smallest absolute Gasteiger partial charge is 0.141 e. The van der Waals surface area contributed by atoms with Crippen molar-refractivity contribution < 1.29 is 4.39 Å². The Morgan fingerprint density at radius 3 is 2.75 bits per heavy atom. The van der Waals surface area contributed by atoms with E-state index in [2.05, 4.69) is 14.9 Å². The van der Waals surface area contributed by atoms with Gasteiger partial charge >= 0.3 is 0 Å². The maximum Gasteiger partial charge on any atom is 0.141 e. The number of hydrogen-bond acceptors (Lipinski definition) is 4. The summed E-state index contributed by atoms with van der Waals surface area (Å²) in [7, 11) is 2.03. The quantitative estimate of drug-likeness (QED) is 0.877. The van der Waals surface area contributed by atoms with Crippen molar-refractivity contribution in [3.8, 4) is 0 Å². The lowest BCUT2D eigenvalue weighted by atomic mass is 10.1. The molecule has 2 heterocycles. The first-order valence-corrected chi connectivity index (χ1v) is 6.60. The predicted octanol–water partition coefficient (Wildman–Crippen LogP) is 2.14. The Kier molecular flexibility index (Phi) is 5.15. The molecule has 0 amide bonds. The summed E-state index contributed by atoms with van der Waals surface area (Å²) in [5, 5.41) is 0. The minimum Gasteiger partial charge on any atom is -0.323 e. The first-order valence-electron chi connectivity index (χ1n) is 6.60. The number of halogens is 1. The Balaban J connectivity index is 1.81. The molecule has 0 aliphatic carbocycles. The topological polar surface area (TPSA) is 55.0 Å². The average molecular weight is 274 g/mol. The van der Waals surface area contributed by atoms with Crippen LogP contribution in [0, 0.1) is 5.82 Å². The van der Waals surface area contributed by atoms with Crippen molar-refractivity contribution in [3.63, 3.8) is 0 Å². The first-order chi connectivity index (χ1) is 9.65. The molecule has 5 heteroatoms. The Labute approximate surface area is 118 Å². The Morgan fingerprint density at radius 2 is 2.10 bits per heavy atom. The molecule has 20 heavy (non-hydrogen) atoms. The summed E-state index contributed by atoms with van der Waals surface area (Å²) in [4.78, 5) is 10.5. The van der Waals surface area contributed by atoms with Gasteiger partial charge in [-0.15, -0.1) is 0 Å². The van der Waals surface area contributed by atoms with E-state index < -0.39 is 0 Å². The fourth-order valence-corrected chi connectivity index (χ4v) is 1.96. The molecule has 1 unspecified atom stereocenters. The molecule has 0 radical (unpaired) electrons. The lowest BCUT2D eigenvalue weighted by Crippen LogP contribution is -2.24. The third-order valence-electron chi connectivity index (χ3n) is 3.11. The van der Waals surface area contributed by atoms with Gasteiger partial charge in [0.2, 0.25) is 0 Å². The van der Waals surface area contributed by atoms with Gasteiger partial charge in [-0.25, -0.2) is 4.39 Å². The lowest BCUT2D eigenvalue weighted by Gasteiger charge is -2.18. The van der Waals surface area contributed by atoms with E-state index in [0.29, 0.717) is 0 Å². The van der Waals surface area contributed by atoms with E-state index in [4.69, 9.17) is 5.73 Å². The van der Waals surface area contributed by atoms with Crippen LogP contribution in [-0.2, 0) is 6.54 Å².